The van der Waals surface area contributed by atoms with Crippen molar-refractivity contribution in [2.24, 2.45) is 0 Å². The van der Waals surface area contributed by atoms with E-state index in [4.69, 9.17) is 4.52 Å². The Balaban J connectivity index is 1.53. The van der Waals surface area contributed by atoms with E-state index in [0.717, 1.165) is 29.7 Å². The highest BCUT2D eigenvalue weighted by atomic mass is 32.2. The number of benzene rings is 1. The van der Waals surface area contributed by atoms with Gasteiger partial charge in [-0.25, -0.2) is 8.42 Å². The normalized spacial score (nSPS) is 16.7. The number of piperidine rings is 1. The van der Waals surface area contributed by atoms with Gasteiger partial charge in [0.2, 0.25) is 10.0 Å². The molecule has 0 unspecified atom stereocenters. The van der Waals surface area contributed by atoms with Crippen LogP contribution in [0.25, 0.3) is 11.1 Å². The zero-order valence-electron chi connectivity index (χ0n) is 15.3. The van der Waals surface area contributed by atoms with Crippen molar-refractivity contribution in [1.82, 2.24) is 19.7 Å². The standard InChI is InChI=1S/C19H22N4O3S/c1-13-19(14(2)26-22-13)27(24,25)23-10-8-16(9-11-23)18-17(12-20-21-18)15-6-4-3-5-7-15/h3-7,12,16H,8-11H2,1-2H3,(H,20,21). The molecule has 1 aliphatic rings. The molecule has 1 aromatic carbocycles. The number of H-pyrrole nitrogens is 1. The van der Waals surface area contributed by atoms with Crippen LogP contribution in [0.1, 0.15) is 35.9 Å². The second kappa shape index (κ2) is 6.94. The van der Waals surface area contributed by atoms with Gasteiger partial charge in [-0.05, 0) is 32.3 Å². The van der Waals surface area contributed by atoms with Crippen molar-refractivity contribution in [2.75, 3.05) is 13.1 Å². The second-order valence-corrected chi connectivity index (χ2v) is 8.77. The van der Waals surface area contributed by atoms with Crippen LogP contribution in [0, 0.1) is 13.8 Å². The third kappa shape index (κ3) is 3.19. The fraction of sp³-hybridized carbons (Fsp3) is 0.368. The topological polar surface area (TPSA) is 92.1 Å². The smallest absolute Gasteiger partial charge is 0.248 e. The van der Waals surface area contributed by atoms with Crippen LogP contribution in [0.3, 0.4) is 0 Å². The number of sulfonamides is 1. The lowest BCUT2D eigenvalue weighted by Crippen LogP contribution is -2.38. The number of hydrogen-bond acceptors (Lipinski definition) is 5. The Morgan fingerprint density at radius 1 is 1.15 bits per heavy atom. The maximum atomic E-state index is 13.0. The summed E-state index contributed by atoms with van der Waals surface area (Å²) in [6, 6.07) is 10.1. The van der Waals surface area contributed by atoms with Gasteiger partial charge in [-0.1, -0.05) is 35.5 Å². The zero-order valence-corrected chi connectivity index (χ0v) is 16.2. The second-order valence-electron chi connectivity index (χ2n) is 6.90. The van der Waals surface area contributed by atoms with Crippen molar-refractivity contribution in [3.8, 4) is 11.1 Å². The van der Waals surface area contributed by atoms with Gasteiger partial charge in [-0.3, -0.25) is 5.10 Å². The molecule has 3 aromatic rings. The van der Waals surface area contributed by atoms with Crippen LogP contribution in [0.5, 0.6) is 0 Å². The van der Waals surface area contributed by atoms with Crippen LogP contribution in [0.2, 0.25) is 0 Å². The molecule has 0 amide bonds. The minimum absolute atomic E-state index is 0.201. The SMILES string of the molecule is Cc1noc(C)c1S(=O)(=O)N1CCC(c2[nH]ncc2-c2ccccc2)CC1. The Kier molecular flexibility index (Phi) is 4.61. The first-order chi connectivity index (χ1) is 13.0. The Hall–Kier alpha value is -2.45. The van der Waals surface area contributed by atoms with Crippen LogP contribution >= 0.6 is 0 Å². The van der Waals surface area contributed by atoms with Crippen LogP contribution in [-0.2, 0) is 10.0 Å². The van der Waals surface area contributed by atoms with E-state index < -0.39 is 10.0 Å². The molecular formula is C19H22N4O3S. The van der Waals surface area contributed by atoms with E-state index in [9.17, 15) is 8.42 Å². The summed E-state index contributed by atoms with van der Waals surface area (Å²) in [5.41, 5.74) is 3.69. The number of rotatable bonds is 4. The quantitative estimate of drug-likeness (QED) is 0.743. The molecule has 0 bridgehead atoms. The molecule has 0 aliphatic carbocycles. The van der Waals surface area contributed by atoms with Gasteiger partial charge in [0.1, 0.15) is 10.6 Å². The molecule has 1 aliphatic heterocycles. The minimum Gasteiger partial charge on any atom is -0.360 e. The summed E-state index contributed by atoms with van der Waals surface area (Å²) in [6.07, 6.45) is 3.33. The van der Waals surface area contributed by atoms with Gasteiger partial charge in [0.25, 0.3) is 0 Å². The van der Waals surface area contributed by atoms with E-state index in [1.54, 1.807) is 13.8 Å². The summed E-state index contributed by atoms with van der Waals surface area (Å²) < 4.78 is 32.5. The van der Waals surface area contributed by atoms with E-state index in [2.05, 4.69) is 27.5 Å². The summed E-state index contributed by atoms with van der Waals surface area (Å²) in [5.74, 6) is 0.591. The highest BCUT2D eigenvalue weighted by Crippen LogP contribution is 2.35. The molecule has 0 saturated carbocycles. The maximum absolute atomic E-state index is 13.0. The highest BCUT2D eigenvalue weighted by Gasteiger charge is 2.34. The van der Waals surface area contributed by atoms with Crippen molar-refractivity contribution in [1.29, 1.82) is 0 Å². The molecule has 1 saturated heterocycles. The highest BCUT2D eigenvalue weighted by molar-refractivity contribution is 7.89. The van der Waals surface area contributed by atoms with Crippen molar-refractivity contribution >= 4 is 10.0 Å². The zero-order chi connectivity index (χ0) is 19.0. The van der Waals surface area contributed by atoms with E-state index >= 15 is 0 Å². The Morgan fingerprint density at radius 3 is 2.48 bits per heavy atom. The number of aromatic amines is 1. The van der Waals surface area contributed by atoms with Gasteiger partial charge in [0.05, 0.1) is 6.20 Å². The number of aromatic nitrogens is 3. The Bertz CT molecular complexity index is 1010. The van der Waals surface area contributed by atoms with Crippen LogP contribution in [0.15, 0.2) is 45.9 Å². The van der Waals surface area contributed by atoms with Crippen LogP contribution in [-0.4, -0.2) is 41.2 Å². The largest absolute Gasteiger partial charge is 0.360 e. The van der Waals surface area contributed by atoms with Crippen molar-refractivity contribution in [3.05, 3.63) is 53.7 Å². The number of aryl methyl sites for hydroxylation is 2. The average Bonchev–Trinajstić information content (AvgIpc) is 3.29. The molecule has 1 fully saturated rings. The van der Waals surface area contributed by atoms with Gasteiger partial charge in [0, 0.05) is 30.3 Å². The minimum atomic E-state index is -3.58. The van der Waals surface area contributed by atoms with E-state index in [-0.39, 0.29) is 10.8 Å². The lowest BCUT2D eigenvalue weighted by molar-refractivity contribution is 0.316. The molecule has 0 atom stereocenters. The third-order valence-corrected chi connectivity index (χ3v) is 7.33. The van der Waals surface area contributed by atoms with Gasteiger partial charge in [-0.2, -0.15) is 9.40 Å². The number of hydrogen-bond donors (Lipinski definition) is 1. The summed E-state index contributed by atoms with van der Waals surface area (Å²) in [4.78, 5) is 0.201. The number of nitrogens with zero attached hydrogens (tertiary/aromatic N) is 3. The predicted molar refractivity (Wildman–Crippen MR) is 101 cm³/mol. The average molecular weight is 386 g/mol. The monoisotopic (exact) mass is 386 g/mol. The molecule has 3 heterocycles. The Morgan fingerprint density at radius 2 is 1.85 bits per heavy atom. The summed E-state index contributed by atoms with van der Waals surface area (Å²) in [6.45, 7) is 4.22. The van der Waals surface area contributed by atoms with E-state index in [0.29, 0.717) is 24.5 Å². The van der Waals surface area contributed by atoms with Crippen molar-refractivity contribution < 1.29 is 12.9 Å². The molecule has 2 aromatic heterocycles. The number of nitrogens with one attached hydrogen (secondary N) is 1. The molecule has 0 spiro atoms. The lowest BCUT2D eigenvalue weighted by atomic mass is 9.90. The molecular weight excluding hydrogens is 364 g/mol. The van der Waals surface area contributed by atoms with E-state index in [1.165, 1.54) is 4.31 Å². The molecule has 8 heteroatoms. The first-order valence-corrected chi connectivity index (χ1v) is 10.4. The van der Waals surface area contributed by atoms with Crippen LogP contribution < -0.4 is 0 Å². The summed E-state index contributed by atoms with van der Waals surface area (Å²) >= 11 is 0. The molecule has 142 valence electrons. The first-order valence-electron chi connectivity index (χ1n) is 9.00. The predicted octanol–water partition coefficient (Wildman–Crippen LogP) is 3.25. The molecule has 4 rings (SSSR count). The third-order valence-electron chi connectivity index (χ3n) is 5.18. The van der Waals surface area contributed by atoms with Crippen molar-refractivity contribution in [2.45, 2.75) is 37.5 Å². The van der Waals surface area contributed by atoms with Gasteiger partial charge in [-0.15, -0.1) is 0 Å². The molecule has 27 heavy (non-hydrogen) atoms. The summed E-state index contributed by atoms with van der Waals surface area (Å²) in [7, 11) is -3.58. The summed E-state index contributed by atoms with van der Waals surface area (Å²) in [5, 5.41) is 11.1. The van der Waals surface area contributed by atoms with Gasteiger partial charge < -0.3 is 4.52 Å². The molecule has 0 radical (unpaired) electrons. The maximum Gasteiger partial charge on any atom is 0.248 e. The van der Waals surface area contributed by atoms with Gasteiger partial charge in [0.15, 0.2) is 5.76 Å². The fourth-order valence-electron chi connectivity index (χ4n) is 3.81. The lowest BCUT2D eigenvalue weighted by Gasteiger charge is -2.31. The fourth-order valence-corrected chi connectivity index (χ4v) is 5.57. The Labute approximate surface area is 158 Å². The molecule has 1 N–H and O–H groups in total. The van der Waals surface area contributed by atoms with E-state index in [1.807, 2.05) is 24.4 Å². The van der Waals surface area contributed by atoms with Crippen molar-refractivity contribution in [3.63, 3.8) is 0 Å². The first kappa shape index (κ1) is 17.9. The van der Waals surface area contributed by atoms with Crippen LogP contribution in [0.4, 0.5) is 0 Å². The molecule has 7 nitrogen and oxygen atoms in total. The van der Waals surface area contributed by atoms with Gasteiger partial charge >= 0.3 is 0 Å².